The second kappa shape index (κ2) is 7.98. The van der Waals surface area contributed by atoms with Crippen LogP contribution in [0.2, 0.25) is 0 Å². The number of imidazole rings is 1. The van der Waals surface area contributed by atoms with E-state index in [-0.39, 0.29) is 12.1 Å². The molecule has 0 radical (unpaired) electrons. The molecule has 3 unspecified atom stereocenters. The van der Waals surface area contributed by atoms with Gasteiger partial charge in [-0.1, -0.05) is 30.2 Å². The van der Waals surface area contributed by atoms with Crippen molar-refractivity contribution in [2.45, 2.75) is 57.3 Å². The van der Waals surface area contributed by atoms with Gasteiger partial charge in [0.25, 0.3) is 0 Å². The van der Waals surface area contributed by atoms with Gasteiger partial charge in [-0.15, -0.1) is 0 Å². The highest BCUT2D eigenvalue weighted by molar-refractivity contribution is 7.22. The molecule has 0 bridgehead atoms. The van der Waals surface area contributed by atoms with Gasteiger partial charge < -0.3 is 19.9 Å². The number of nitrogens with zero attached hydrogens (tertiary/aromatic N) is 3. The van der Waals surface area contributed by atoms with Crippen molar-refractivity contribution in [2.75, 3.05) is 5.32 Å². The summed E-state index contributed by atoms with van der Waals surface area (Å²) in [5, 5.41) is 24.3. The van der Waals surface area contributed by atoms with Crippen molar-refractivity contribution < 1.29 is 10.2 Å². The third-order valence-corrected chi connectivity index (χ3v) is 6.92. The average molecular weight is 423 g/mol. The Labute approximate surface area is 179 Å². The Morgan fingerprint density at radius 2 is 2.10 bits per heavy atom. The molecule has 1 aromatic carbocycles. The van der Waals surface area contributed by atoms with Crippen molar-refractivity contribution in [1.29, 1.82) is 0 Å². The molecular weight excluding hydrogens is 396 g/mol. The molecule has 0 amide bonds. The van der Waals surface area contributed by atoms with Crippen LogP contribution in [0.25, 0.3) is 15.9 Å². The van der Waals surface area contributed by atoms with E-state index in [9.17, 15) is 10.2 Å². The van der Waals surface area contributed by atoms with E-state index in [1.165, 1.54) is 5.56 Å². The summed E-state index contributed by atoms with van der Waals surface area (Å²) in [7, 11) is 0. The maximum absolute atomic E-state index is 10.2. The van der Waals surface area contributed by atoms with Crippen molar-refractivity contribution in [3.8, 4) is 0 Å². The van der Waals surface area contributed by atoms with E-state index in [1.807, 2.05) is 24.5 Å². The van der Waals surface area contributed by atoms with Crippen LogP contribution in [0.4, 0.5) is 5.13 Å². The van der Waals surface area contributed by atoms with Crippen molar-refractivity contribution in [3.63, 3.8) is 0 Å². The molecule has 0 aliphatic heterocycles. The van der Waals surface area contributed by atoms with E-state index in [0.29, 0.717) is 0 Å². The average Bonchev–Trinajstić information content (AvgIpc) is 3.32. The maximum Gasteiger partial charge on any atom is 0.184 e. The largest absolute Gasteiger partial charge is 0.391 e. The van der Waals surface area contributed by atoms with Gasteiger partial charge in [0.05, 0.1) is 28.5 Å². The van der Waals surface area contributed by atoms with Crippen molar-refractivity contribution in [3.05, 3.63) is 59.5 Å². The zero-order chi connectivity index (χ0) is 20.7. The summed E-state index contributed by atoms with van der Waals surface area (Å²) in [5.41, 5.74) is 5.01. The second-order valence-electron chi connectivity index (χ2n) is 8.21. The lowest BCUT2D eigenvalue weighted by Gasteiger charge is -2.27. The number of thiazole rings is 1. The topological polar surface area (TPSA) is 82.7 Å². The number of anilines is 1. The number of aliphatic hydroxyl groups excluding tert-OH is 2. The third kappa shape index (κ3) is 3.80. The minimum absolute atomic E-state index is 0.100. The lowest BCUT2D eigenvalue weighted by molar-refractivity contribution is 0.116. The predicted octanol–water partition coefficient (Wildman–Crippen LogP) is 4.30. The first kappa shape index (κ1) is 19.5. The second-order valence-corrected chi connectivity index (χ2v) is 9.24. The minimum atomic E-state index is -0.499. The molecular formula is C23H26N4O2S. The number of benzene rings is 1. The molecule has 3 atom stereocenters. The molecule has 1 aliphatic rings. The molecule has 3 heterocycles. The Kier molecular flexibility index (Phi) is 5.18. The van der Waals surface area contributed by atoms with Gasteiger partial charge in [-0.25, -0.2) is 9.97 Å². The zero-order valence-electron chi connectivity index (χ0n) is 17.0. The first-order valence-electron chi connectivity index (χ1n) is 10.5. The first-order valence-corrected chi connectivity index (χ1v) is 11.4. The number of pyridine rings is 1. The van der Waals surface area contributed by atoms with Gasteiger partial charge in [0.2, 0.25) is 0 Å². The number of aliphatic hydroxyl groups is 2. The van der Waals surface area contributed by atoms with Crippen molar-refractivity contribution >= 4 is 32.3 Å². The van der Waals surface area contributed by atoms with Gasteiger partial charge in [-0.05, 0) is 55.2 Å². The first-order chi connectivity index (χ1) is 14.6. The number of fused-ring (bicyclic) bond motifs is 2. The Bertz CT molecular complexity index is 1180. The van der Waals surface area contributed by atoms with Crippen LogP contribution in [0.1, 0.15) is 55.5 Å². The third-order valence-electron chi connectivity index (χ3n) is 5.97. The minimum Gasteiger partial charge on any atom is -0.391 e. The zero-order valence-corrected chi connectivity index (χ0v) is 17.8. The van der Waals surface area contributed by atoms with E-state index in [0.717, 1.165) is 64.4 Å². The Morgan fingerprint density at radius 1 is 1.23 bits per heavy atom. The van der Waals surface area contributed by atoms with Crippen LogP contribution in [0.3, 0.4) is 0 Å². The summed E-state index contributed by atoms with van der Waals surface area (Å²) in [4.78, 5) is 9.22. The van der Waals surface area contributed by atoms with Crippen LogP contribution in [0.5, 0.6) is 0 Å². The highest BCUT2D eigenvalue weighted by Crippen LogP contribution is 2.30. The highest BCUT2D eigenvalue weighted by atomic mass is 32.1. The Balaban J connectivity index is 1.37. The molecule has 5 rings (SSSR count). The van der Waals surface area contributed by atoms with Gasteiger partial charge >= 0.3 is 0 Å². The Hall–Kier alpha value is -2.48. The molecule has 7 heteroatoms. The lowest BCUT2D eigenvalue weighted by atomic mass is 9.93. The van der Waals surface area contributed by atoms with E-state index < -0.39 is 6.10 Å². The summed E-state index contributed by atoms with van der Waals surface area (Å²) >= 11 is 1.64. The van der Waals surface area contributed by atoms with Gasteiger partial charge in [-0.2, -0.15) is 0 Å². The fraction of sp³-hybridized carbons (Fsp3) is 0.391. The molecule has 1 fully saturated rings. The number of nitrogens with one attached hydrogen (secondary N) is 1. The summed E-state index contributed by atoms with van der Waals surface area (Å²) in [5.74, 6) is 0. The Morgan fingerprint density at radius 3 is 2.93 bits per heavy atom. The molecule has 156 valence electrons. The maximum atomic E-state index is 10.2. The van der Waals surface area contributed by atoms with Gasteiger partial charge in [0.1, 0.15) is 5.65 Å². The molecule has 4 aromatic rings. The van der Waals surface area contributed by atoms with Gasteiger partial charge in [0, 0.05) is 24.5 Å². The molecule has 6 nitrogen and oxygen atoms in total. The molecule has 3 aromatic heterocycles. The molecule has 1 aliphatic carbocycles. The number of hydrogen-bond donors (Lipinski definition) is 3. The summed E-state index contributed by atoms with van der Waals surface area (Å²) in [6.07, 6.45) is 7.98. The molecule has 0 saturated heterocycles. The summed E-state index contributed by atoms with van der Waals surface area (Å²) < 4.78 is 3.21. The van der Waals surface area contributed by atoms with Gasteiger partial charge in [-0.3, -0.25) is 0 Å². The molecule has 30 heavy (non-hydrogen) atoms. The smallest absolute Gasteiger partial charge is 0.184 e. The van der Waals surface area contributed by atoms with Crippen LogP contribution in [-0.2, 0) is 6.42 Å². The normalized spacial score (nSPS) is 20.6. The lowest BCUT2D eigenvalue weighted by Crippen LogP contribution is -2.36. The van der Waals surface area contributed by atoms with Crippen LogP contribution in [0.15, 0.2) is 42.7 Å². The molecule has 0 spiro atoms. The number of hydrogen-bond acceptors (Lipinski definition) is 6. The highest BCUT2D eigenvalue weighted by Gasteiger charge is 2.23. The fourth-order valence-electron chi connectivity index (χ4n) is 4.23. The fourth-order valence-corrected chi connectivity index (χ4v) is 5.22. The summed E-state index contributed by atoms with van der Waals surface area (Å²) in [6, 6.07) is 10.3. The standard InChI is InChI=1S/C23H26N4O2S/c1-14(28)16-8-9-27-17(13-24-22(27)12-16)10-15-6-7-19-21(11-15)30-23(26-19)25-18-4-2-3-5-20(18)29/h6-9,11-14,18,20,28-29H,2-5,10H2,1H3,(H,25,26). The van der Waals surface area contributed by atoms with Crippen molar-refractivity contribution in [1.82, 2.24) is 14.4 Å². The number of rotatable bonds is 5. The number of aromatic nitrogens is 3. The van der Waals surface area contributed by atoms with E-state index >= 15 is 0 Å². The monoisotopic (exact) mass is 422 g/mol. The van der Waals surface area contributed by atoms with Crippen LogP contribution in [-0.4, -0.2) is 36.7 Å². The van der Waals surface area contributed by atoms with Crippen LogP contribution in [0, 0.1) is 0 Å². The van der Waals surface area contributed by atoms with Crippen LogP contribution < -0.4 is 5.32 Å². The SMILES string of the molecule is CC(O)c1ccn2c(Cc3ccc4nc(NC5CCCCC5O)sc4c3)cnc2c1. The van der Waals surface area contributed by atoms with Crippen LogP contribution >= 0.6 is 11.3 Å². The predicted molar refractivity (Wildman–Crippen MR) is 120 cm³/mol. The molecule has 3 N–H and O–H groups in total. The van der Waals surface area contributed by atoms with Crippen molar-refractivity contribution in [2.24, 2.45) is 0 Å². The molecule has 1 saturated carbocycles. The summed E-state index contributed by atoms with van der Waals surface area (Å²) in [6.45, 7) is 1.76. The van der Waals surface area contributed by atoms with E-state index in [4.69, 9.17) is 4.98 Å². The van der Waals surface area contributed by atoms with Gasteiger partial charge in [0.15, 0.2) is 5.13 Å². The van der Waals surface area contributed by atoms with E-state index in [2.05, 4.69) is 32.9 Å². The quantitative estimate of drug-likeness (QED) is 0.447. The van der Waals surface area contributed by atoms with E-state index in [1.54, 1.807) is 18.3 Å².